The van der Waals surface area contributed by atoms with Crippen molar-refractivity contribution in [3.63, 3.8) is 0 Å². The average Bonchev–Trinajstić information content (AvgIpc) is 3.54. The Balaban J connectivity index is 1.59. The third-order valence-electron chi connectivity index (χ3n) is 7.92. The summed E-state index contributed by atoms with van der Waals surface area (Å²) in [5.41, 5.74) is 4.83. The summed E-state index contributed by atoms with van der Waals surface area (Å²) in [5.74, 6) is 0.907. The van der Waals surface area contributed by atoms with Crippen LogP contribution < -0.4 is 0 Å². The van der Waals surface area contributed by atoms with Crippen LogP contribution in [-0.4, -0.2) is 0 Å². The summed E-state index contributed by atoms with van der Waals surface area (Å²) in [4.78, 5) is 0. The van der Waals surface area contributed by atoms with Gasteiger partial charge in [0.1, 0.15) is 0 Å². The van der Waals surface area contributed by atoms with Crippen molar-refractivity contribution < 1.29 is 20.3 Å². The van der Waals surface area contributed by atoms with Crippen LogP contribution in [0.4, 0.5) is 0 Å². The maximum absolute atomic E-state index is 2.97. The molecule has 3 aliphatic rings. The molecule has 0 amide bonds. The molecule has 1 fully saturated rings. The van der Waals surface area contributed by atoms with Crippen molar-refractivity contribution in [2.75, 3.05) is 0 Å². The molecule has 32 heavy (non-hydrogen) atoms. The Bertz CT molecular complexity index is 975. The van der Waals surface area contributed by atoms with Crippen LogP contribution in [0.3, 0.4) is 0 Å². The molecule has 0 atom stereocenters. The summed E-state index contributed by atoms with van der Waals surface area (Å²) in [5, 5.41) is 0. The van der Waals surface area contributed by atoms with Crippen molar-refractivity contribution in [3.05, 3.63) is 114 Å². The first-order valence-corrected chi connectivity index (χ1v) is 18.6. The molecule has 0 unspecified atom stereocenters. The molecule has 0 radical (unpaired) electrons. The summed E-state index contributed by atoms with van der Waals surface area (Å²) in [7, 11) is 0. The number of rotatable bonds is 8. The molecule has 1 saturated carbocycles. The normalized spacial score (nSPS) is 19.1. The zero-order valence-corrected chi connectivity index (χ0v) is 21.8. The van der Waals surface area contributed by atoms with Crippen LogP contribution in [0.5, 0.6) is 0 Å². The molecule has 2 aromatic rings. The van der Waals surface area contributed by atoms with Gasteiger partial charge < -0.3 is 0 Å². The first-order valence-electron chi connectivity index (χ1n) is 12.7. The van der Waals surface area contributed by atoms with E-state index >= 15 is 0 Å². The van der Waals surface area contributed by atoms with E-state index < -0.39 is 20.3 Å². The van der Waals surface area contributed by atoms with Gasteiger partial charge in [0, 0.05) is 0 Å². The van der Waals surface area contributed by atoms with E-state index in [-0.39, 0.29) is 0 Å². The molecular formula is C31H36Zr. The first-order chi connectivity index (χ1) is 15.8. The standard InChI is InChI=1S/C12H17.2C7H7.C5H5.Zr/c1-2-6-11(7-3-1)10-12-8-4-5-9-12;2*1-7-5-3-2-4-6-7;1-2-4-5-3-1;/h4,8,11H,1-3,5-7,10H2;2*2-6H,1H2;1-3H,4H2;. The molecule has 1 heteroatoms. The molecule has 0 bridgehead atoms. The van der Waals surface area contributed by atoms with Gasteiger partial charge in [0.25, 0.3) is 0 Å². The van der Waals surface area contributed by atoms with Gasteiger partial charge in [-0.25, -0.2) is 0 Å². The molecule has 5 rings (SSSR count). The summed E-state index contributed by atoms with van der Waals surface area (Å²) in [6.45, 7) is 0. The van der Waals surface area contributed by atoms with E-state index in [9.17, 15) is 0 Å². The predicted molar refractivity (Wildman–Crippen MR) is 134 cm³/mol. The third kappa shape index (κ3) is 4.94. The minimum atomic E-state index is -2.97. The number of allylic oxidation sites excluding steroid dienone is 8. The van der Waals surface area contributed by atoms with E-state index in [0.29, 0.717) is 0 Å². The third-order valence-corrected chi connectivity index (χ3v) is 21.0. The fraction of sp³-hybridized carbons (Fsp3) is 0.355. The number of benzene rings is 2. The second kappa shape index (κ2) is 10.5. The molecule has 0 heterocycles. The van der Waals surface area contributed by atoms with E-state index in [0.717, 1.165) is 5.92 Å². The Hall–Kier alpha value is -1.72. The van der Waals surface area contributed by atoms with E-state index in [1.807, 2.05) is 6.56 Å². The molecule has 0 spiro atoms. The Kier molecular flexibility index (Phi) is 7.23. The van der Waals surface area contributed by atoms with E-state index in [2.05, 4.69) is 91.0 Å². The van der Waals surface area contributed by atoms with Crippen LogP contribution in [-0.2, 0) is 28.5 Å². The van der Waals surface area contributed by atoms with Gasteiger partial charge in [-0.2, -0.15) is 0 Å². The van der Waals surface area contributed by atoms with Crippen LogP contribution in [0.15, 0.2) is 103 Å². The summed E-state index contributed by atoms with van der Waals surface area (Å²) in [6, 6.07) is 22.8. The van der Waals surface area contributed by atoms with Crippen molar-refractivity contribution in [2.45, 2.75) is 59.6 Å². The molecule has 0 nitrogen and oxygen atoms in total. The second-order valence-electron chi connectivity index (χ2n) is 10.0. The SMILES string of the molecule is C1=CC[C]([Zr]([CH2]c2ccccc2)([CH2]c2ccccc2)[C]2=C(CC3CCCCC3)C=CC2)=C1. The van der Waals surface area contributed by atoms with Crippen molar-refractivity contribution >= 4 is 0 Å². The zero-order valence-electron chi connectivity index (χ0n) is 19.3. The molecule has 0 aromatic heterocycles. The van der Waals surface area contributed by atoms with Gasteiger partial charge in [-0.1, -0.05) is 0 Å². The van der Waals surface area contributed by atoms with Crippen LogP contribution >= 0.6 is 0 Å². The summed E-state index contributed by atoms with van der Waals surface area (Å²) in [6.07, 6.45) is 23.2. The number of hydrogen-bond donors (Lipinski definition) is 0. The Morgan fingerprint density at radius 3 is 1.97 bits per heavy atom. The van der Waals surface area contributed by atoms with E-state index in [4.69, 9.17) is 0 Å². The molecule has 2 aromatic carbocycles. The monoisotopic (exact) mass is 498 g/mol. The molecule has 0 N–H and O–H groups in total. The number of hydrogen-bond acceptors (Lipinski definition) is 0. The molecule has 0 saturated heterocycles. The Labute approximate surface area is 199 Å². The van der Waals surface area contributed by atoms with Crippen LogP contribution in [0.25, 0.3) is 0 Å². The van der Waals surface area contributed by atoms with E-state index in [1.165, 1.54) is 59.6 Å². The van der Waals surface area contributed by atoms with Crippen molar-refractivity contribution in [3.8, 4) is 0 Å². The predicted octanol–water partition coefficient (Wildman–Crippen LogP) is 8.57. The average molecular weight is 500 g/mol. The first kappa shape index (κ1) is 22.1. The Morgan fingerprint density at radius 1 is 0.719 bits per heavy atom. The van der Waals surface area contributed by atoms with Crippen LogP contribution in [0, 0.1) is 5.92 Å². The quantitative estimate of drug-likeness (QED) is 0.341. The summed E-state index contributed by atoms with van der Waals surface area (Å²) >= 11 is -2.97. The zero-order chi connectivity index (χ0) is 21.6. The fourth-order valence-electron chi connectivity index (χ4n) is 6.33. The van der Waals surface area contributed by atoms with E-state index in [1.54, 1.807) is 16.7 Å². The molecular weight excluding hydrogens is 464 g/mol. The van der Waals surface area contributed by atoms with Crippen LogP contribution in [0.2, 0.25) is 0 Å². The van der Waals surface area contributed by atoms with Crippen molar-refractivity contribution in [1.82, 2.24) is 0 Å². The van der Waals surface area contributed by atoms with Gasteiger partial charge in [-0.05, 0) is 0 Å². The van der Waals surface area contributed by atoms with Crippen molar-refractivity contribution in [2.24, 2.45) is 5.92 Å². The van der Waals surface area contributed by atoms with Gasteiger partial charge in [-0.3, -0.25) is 0 Å². The summed E-state index contributed by atoms with van der Waals surface area (Å²) < 4.78 is 6.31. The fourth-order valence-corrected chi connectivity index (χ4v) is 19.8. The molecule has 0 aliphatic heterocycles. The Morgan fingerprint density at radius 2 is 1.38 bits per heavy atom. The van der Waals surface area contributed by atoms with Gasteiger partial charge in [0.2, 0.25) is 0 Å². The maximum atomic E-state index is 2.54. The van der Waals surface area contributed by atoms with Crippen LogP contribution in [0.1, 0.15) is 62.5 Å². The van der Waals surface area contributed by atoms with Gasteiger partial charge in [0.15, 0.2) is 0 Å². The van der Waals surface area contributed by atoms with Gasteiger partial charge in [0.05, 0.1) is 0 Å². The van der Waals surface area contributed by atoms with Gasteiger partial charge >= 0.3 is 200 Å². The second-order valence-corrected chi connectivity index (χ2v) is 20.2. The molecule has 3 aliphatic carbocycles. The van der Waals surface area contributed by atoms with Crippen molar-refractivity contribution in [1.29, 1.82) is 0 Å². The van der Waals surface area contributed by atoms with Gasteiger partial charge in [-0.15, -0.1) is 0 Å². The molecule has 164 valence electrons. The minimum absolute atomic E-state index is 0.907. The topological polar surface area (TPSA) is 0 Å².